The van der Waals surface area contributed by atoms with Crippen molar-refractivity contribution in [3.8, 4) is 0 Å². The van der Waals surface area contributed by atoms with Gasteiger partial charge in [0, 0.05) is 17.2 Å². The van der Waals surface area contributed by atoms with Crippen LogP contribution in [0.3, 0.4) is 0 Å². The van der Waals surface area contributed by atoms with E-state index in [1.54, 1.807) is 17.8 Å². The number of allylic oxidation sites excluding steroid dienone is 5. The van der Waals surface area contributed by atoms with Crippen molar-refractivity contribution >= 4 is 23.5 Å². The number of thioether (sulfide) groups is 1. The molecule has 29 heavy (non-hydrogen) atoms. The third-order valence-corrected chi connectivity index (χ3v) is 5.44. The van der Waals surface area contributed by atoms with Gasteiger partial charge in [-0.15, -0.1) is 0 Å². The molecule has 1 aromatic rings. The number of nitrogens with zero attached hydrogens (tertiary/aromatic N) is 1. The topological polar surface area (TPSA) is 62.2 Å². The Kier molecular flexibility index (Phi) is 12.1. The fourth-order valence-corrected chi connectivity index (χ4v) is 3.70. The predicted molar refractivity (Wildman–Crippen MR) is 127 cm³/mol. The van der Waals surface area contributed by atoms with Crippen LogP contribution < -0.4 is 5.32 Å². The molecule has 5 heteroatoms. The molecule has 0 fully saturated rings. The maximum absolute atomic E-state index is 11.5. The Morgan fingerprint density at radius 2 is 1.76 bits per heavy atom. The molecule has 0 amide bonds. The van der Waals surface area contributed by atoms with E-state index in [2.05, 4.69) is 56.2 Å². The van der Waals surface area contributed by atoms with Gasteiger partial charge in [0.1, 0.15) is 11.9 Å². The third-order valence-electron chi connectivity index (χ3n) is 4.47. The molecule has 1 unspecified atom stereocenters. The Bertz CT molecular complexity index is 734. The summed E-state index contributed by atoms with van der Waals surface area (Å²) in [6.07, 6.45) is 11.2. The standard InChI is InChI=1S/C24H36N2O2S/c1-18(2)9-6-10-19(3)11-7-12-20(4)15-16-29-17-22(24(27)28)26-23-14-8-13-21(5)25-23/h8-9,11,13-15,22H,6-7,10,12,16-17H2,1-5H3,(H,25,26)(H,27,28)/b19-11+,20-15+. The van der Waals surface area contributed by atoms with Crippen LogP contribution in [-0.2, 0) is 4.79 Å². The Morgan fingerprint density at radius 3 is 2.38 bits per heavy atom. The molecule has 1 heterocycles. The van der Waals surface area contributed by atoms with Crippen LogP contribution >= 0.6 is 11.8 Å². The van der Waals surface area contributed by atoms with Crippen molar-refractivity contribution in [1.82, 2.24) is 4.98 Å². The molecule has 2 N–H and O–H groups in total. The van der Waals surface area contributed by atoms with Crippen molar-refractivity contribution in [2.75, 3.05) is 16.8 Å². The number of carboxylic acid groups (broad SMARTS) is 1. The summed E-state index contributed by atoms with van der Waals surface area (Å²) in [6, 6.07) is 4.92. The van der Waals surface area contributed by atoms with Crippen LogP contribution in [0.4, 0.5) is 5.82 Å². The first-order chi connectivity index (χ1) is 13.8. The van der Waals surface area contributed by atoms with E-state index in [1.165, 1.54) is 16.7 Å². The number of carbonyl (C=O) groups is 1. The molecule has 1 aromatic heterocycles. The van der Waals surface area contributed by atoms with E-state index in [4.69, 9.17) is 0 Å². The average molecular weight is 417 g/mol. The van der Waals surface area contributed by atoms with Crippen molar-refractivity contribution in [1.29, 1.82) is 0 Å². The second kappa shape index (κ2) is 14.0. The molecule has 1 rings (SSSR count). The summed E-state index contributed by atoms with van der Waals surface area (Å²) in [5.74, 6) is 1.08. The highest BCUT2D eigenvalue weighted by Gasteiger charge is 2.17. The maximum atomic E-state index is 11.5. The Balaban J connectivity index is 2.34. The number of rotatable bonds is 13. The number of hydrogen-bond acceptors (Lipinski definition) is 4. The highest BCUT2D eigenvalue weighted by Crippen LogP contribution is 2.14. The van der Waals surface area contributed by atoms with Crippen LogP contribution in [0.25, 0.3) is 0 Å². The van der Waals surface area contributed by atoms with Gasteiger partial charge in [-0.1, -0.05) is 41.0 Å². The Labute approximate surface area is 180 Å². The fraction of sp³-hybridized carbons (Fsp3) is 0.500. The monoisotopic (exact) mass is 416 g/mol. The minimum Gasteiger partial charge on any atom is -0.480 e. The van der Waals surface area contributed by atoms with Crippen LogP contribution in [0.2, 0.25) is 0 Å². The quantitative estimate of drug-likeness (QED) is 0.287. The van der Waals surface area contributed by atoms with Crippen LogP contribution in [0.15, 0.2) is 53.1 Å². The van der Waals surface area contributed by atoms with Crippen LogP contribution in [0, 0.1) is 6.92 Å². The van der Waals surface area contributed by atoms with Crippen molar-refractivity contribution in [2.45, 2.75) is 66.3 Å². The van der Waals surface area contributed by atoms with Gasteiger partial charge in [0.15, 0.2) is 0 Å². The first-order valence-electron chi connectivity index (χ1n) is 10.2. The molecule has 1 atom stereocenters. The van der Waals surface area contributed by atoms with E-state index in [0.717, 1.165) is 37.1 Å². The van der Waals surface area contributed by atoms with Gasteiger partial charge < -0.3 is 10.4 Å². The van der Waals surface area contributed by atoms with E-state index in [-0.39, 0.29) is 0 Å². The largest absolute Gasteiger partial charge is 0.480 e. The van der Waals surface area contributed by atoms with Gasteiger partial charge in [0.2, 0.25) is 0 Å². The normalized spacial score (nSPS) is 13.1. The fourth-order valence-electron chi connectivity index (χ4n) is 2.70. The molecule has 0 aliphatic rings. The summed E-state index contributed by atoms with van der Waals surface area (Å²) < 4.78 is 0. The lowest BCUT2D eigenvalue weighted by atomic mass is 10.1. The Morgan fingerprint density at radius 1 is 1.10 bits per heavy atom. The van der Waals surface area contributed by atoms with Crippen molar-refractivity contribution in [2.24, 2.45) is 0 Å². The molecule has 0 bridgehead atoms. The van der Waals surface area contributed by atoms with Crippen molar-refractivity contribution in [3.05, 3.63) is 58.8 Å². The maximum Gasteiger partial charge on any atom is 0.327 e. The number of hydrogen-bond donors (Lipinski definition) is 2. The number of anilines is 1. The molecular formula is C24H36N2O2S. The number of pyridine rings is 1. The summed E-state index contributed by atoms with van der Waals surface area (Å²) in [5.41, 5.74) is 5.05. The second-order valence-corrected chi connectivity index (χ2v) is 8.77. The summed E-state index contributed by atoms with van der Waals surface area (Å²) in [6.45, 7) is 10.5. The van der Waals surface area contributed by atoms with Crippen LogP contribution in [-0.4, -0.2) is 33.6 Å². The van der Waals surface area contributed by atoms with Crippen LogP contribution in [0.1, 0.15) is 59.1 Å². The van der Waals surface area contributed by atoms with Gasteiger partial charge in [-0.2, -0.15) is 11.8 Å². The molecule has 0 aromatic carbocycles. The zero-order chi connectivity index (χ0) is 21.6. The van der Waals surface area contributed by atoms with Gasteiger partial charge in [-0.05, 0) is 72.4 Å². The van der Waals surface area contributed by atoms with E-state index in [9.17, 15) is 9.90 Å². The molecule has 4 nitrogen and oxygen atoms in total. The first-order valence-corrected chi connectivity index (χ1v) is 11.4. The minimum absolute atomic E-state index is 0.498. The summed E-state index contributed by atoms with van der Waals surface area (Å²) in [7, 11) is 0. The zero-order valence-corrected chi connectivity index (χ0v) is 19.3. The minimum atomic E-state index is -0.852. The zero-order valence-electron chi connectivity index (χ0n) is 18.5. The van der Waals surface area contributed by atoms with Crippen molar-refractivity contribution < 1.29 is 9.90 Å². The number of carboxylic acids is 1. The SMILES string of the molecule is CC(C)=CCC/C(C)=C/CC/C(C)=C/CSCC(Nc1cccc(C)n1)C(=O)O. The van der Waals surface area contributed by atoms with Gasteiger partial charge in [-0.25, -0.2) is 9.78 Å². The summed E-state index contributed by atoms with van der Waals surface area (Å²) in [5, 5.41) is 12.5. The molecule has 0 saturated carbocycles. The molecular weight excluding hydrogens is 380 g/mol. The third kappa shape index (κ3) is 12.2. The van der Waals surface area contributed by atoms with Gasteiger partial charge >= 0.3 is 5.97 Å². The summed E-state index contributed by atoms with van der Waals surface area (Å²) in [4.78, 5) is 15.8. The Hall–Kier alpha value is -2.01. The number of nitrogens with one attached hydrogen (secondary N) is 1. The van der Waals surface area contributed by atoms with E-state index >= 15 is 0 Å². The van der Waals surface area contributed by atoms with E-state index < -0.39 is 12.0 Å². The number of aromatic nitrogens is 1. The van der Waals surface area contributed by atoms with E-state index in [1.807, 2.05) is 19.1 Å². The first kappa shape index (κ1) is 25.0. The lowest BCUT2D eigenvalue weighted by Gasteiger charge is -2.14. The van der Waals surface area contributed by atoms with Gasteiger partial charge in [-0.3, -0.25) is 0 Å². The molecule has 0 aliphatic carbocycles. The lowest BCUT2D eigenvalue weighted by Crippen LogP contribution is -2.32. The summed E-state index contributed by atoms with van der Waals surface area (Å²) >= 11 is 1.63. The average Bonchev–Trinajstić information content (AvgIpc) is 2.63. The highest BCUT2D eigenvalue weighted by atomic mass is 32.2. The predicted octanol–water partition coefficient (Wildman–Crippen LogP) is 6.41. The van der Waals surface area contributed by atoms with Crippen LogP contribution in [0.5, 0.6) is 0 Å². The second-order valence-electron chi connectivity index (χ2n) is 7.70. The number of aryl methyl sites for hydroxylation is 1. The lowest BCUT2D eigenvalue weighted by molar-refractivity contribution is -0.137. The molecule has 0 aliphatic heterocycles. The molecule has 0 saturated heterocycles. The number of aliphatic carboxylic acids is 1. The smallest absolute Gasteiger partial charge is 0.327 e. The highest BCUT2D eigenvalue weighted by molar-refractivity contribution is 7.99. The van der Waals surface area contributed by atoms with E-state index in [0.29, 0.717) is 11.6 Å². The van der Waals surface area contributed by atoms with Crippen molar-refractivity contribution in [3.63, 3.8) is 0 Å². The molecule has 160 valence electrons. The molecule has 0 radical (unpaired) electrons. The van der Waals surface area contributed by atoms with Gasteiger partial charge in [0.25, 0.3) is 0 Å². The van der Waals surface area contributed by atoms with Gasteiger partial charge in [0.05, 0.1) is 0 Å². The molecule has 0 spiro atoms.